The monoisotopic (exact) mass is 305 g/mol. The quantitative estimate of drug-likeness (QED) is 0.930. The van der Waals surface area contributed by atoms with Gasteiger partial charge in [0.05, 0.1) is 12.1 Å². The van der Waals surface area contributed by atoms with Gasteiger partial charge in [0.1, 0.15) is 5.75 Å². The number of ether oxygens (including phenoxy) is 1. The minimum absolute atomic E-state index is 0.0770. The number of hydrogen-bond donors (Lipinski definition) is 1. The second-order valence-electron chi connectivity index (χ2n) is 6.33. The number of aryl methyl sites for hydroxylation is 1. The summed E-state index contributed by atoms with van der Waals surface area (Å²) >= 11 is 0. The smallest absolute Gasteiger partial charge is 0.263 e. The van der Waals surface area contributed by atoms with Gasteiger partial charge in [0, 0.05) is 7.05 Å². The zero-order valence-corrected chi connectivity index (χ0v) is 14.0. The number of nitrogens with zero attached hydrogens (tertiary/aromatic N) is 1. The number of hydrogen-bond acceptors (Lipinski definition) is 3. The van der Waals surface area contributed by atoms with E-state index in [4.69, 9.17) is 4.74 Å². The summed E-state index contributed by atoms with van der Waals surface area (Å²) in [6, 6.07) is 5.76. The van der Waals surface area contributed by atoms with Crippen molar-refractivity contribution in [1.82, 2.24) is 4.90 Å². The van der Waals surface area contributed by atoms with Gasteiger partial charge in [-0.2, -0.15) is 0 Å². The van der Waals surface area contributed by atoms with Crippen LogP contribution < -0.4 is 4.74 Å². The molecule has 0 radical (unpaired) electrons. The first-order valence-corrected chi connectivity index (χ1v) is 8.09. The third-order valence-electron chi connectivity index (χ3n) is 4.75. The summed E-state index contributed by atoms with van der Waals surface area (Å²) in [4.78, 5) is 14.2. The van der Waals surface area contributed by atoms with E-state index in [0.29, 0.717) is 0 Å². The molecular weight excluding hydrogens is 278 g/mol. The van der Waals surface area contributed by atoms with Crippen LogP contribution in [0.5, 0.6) is 5.75 Å². The molecule has 4 nitrogen and oxygen atoms in total. The first-order chi connectivity index (χ1) is 10.4. The predicted molar refractivity (Wildman–Crippen MR) is 87.0 cm³/mol. The fraction of sp³-hybridized carbons (Fsp3) is 0.611. The Morgan fingerprint density at radius 1 is 1.32 bits per heavy atom. The first-order valence-electron chi connectivity index (χ1n) is 8.09. The van der Waals surface area contributed by atoms with Crippen molar-refractivity contribution in [2.24, 2.45) is 0 Å². The summed E-state index contributed by atoms with van der Waals surface area (Å²) in [6.45, 7) is 5.80. The summed E-state index contributed by atoms with van der Waals surface area (Å²) < 4.78 is 5.86. The van der Waals surface area contributed by atoms with E-state index in [1.165, 1.54) is 0 Å². The van der Waals surface area contributed by atoms with Crippen LogP contribution in [0, 0.1) is 13.8 Å². The van der Waals surface area contributed by atoms with Gasteiger partial charge in [-0.15, -0.1) is 0 Å². The standard InChI is InChI=1S/C18H27NO3/c1-12-8-7-11-17(13(12)2)22-14(3)18(21)19(4)15-9-5-6-10-16(15)20/h7-8,11,14-16,20H,5-6,9-10H2,1-4H3. The van der Waals surface area contributed by atoms with Crippen LogP contribution in [0.3, 0.4) is 0 Å². The van der Waals surface area contributed by atoms with Crippen molar-refractivity contribution in [2.75, 3.05) is 7.05 Å². The minimum Gasteiger partial charge on any atom is -0.481 e. The van der Waals surface area contributed by atoms with E-state index in [9.17, 15) is 9.90 Å². The number of aliphatic hydroxyl groups is 1. The number of likely N-dealkylation sites (N-methyl/N-ethyl adjacent to an activating group) is 1. The minimum atomic E-state index is -0.556. The molecule has 122 valence electrons. The number of amides is 1. The number of aliphatic hydroxyl groups excluding tert-OH is 1. The molecule has 4 heteroatoms. The van der Waals surface area contributed by atoms with E-state index in [2.05, 4.69) is 0 Å². The van der Waals surface area contributed by atoms with E-state index in [1.54, 1.807) is 18.9 Å². The molecule has 1 amide bonds. The van der Waals surface area contributed by atoms with E-state index in [0.717, 1.165) is 42.6 Å². The molecule has 1 aliphatic rings. The summed E-state index contributed by atoms with van der Waals surface area (Å²) in [5.74, 6) is 0.672. The van der Waals surface area contributed by atoms with Crippen LogP contribution in [0.1, 0.15) is 43.7 Å². The highest BCUT2D eigenvalue weighted by molar-refractivity contribution is 5.81. The summed E-state index contributed by atoms with van der Waals surface area (Å²) in [7, 11) is 1.77. The Labute approximate surface area is 133 Å². The molecule has 0 aliphatic heterocycles. The third kappa shape index (κ3) is 3.61. The average Bonchev–Trinajstić information content (AvgIpc) is 2.51. The van der Waals surface area contributed by atoms with Gasteiger partial charge in [0.25, 0.3) is 5.91 Å². The van der Waals surface area contributed by atoms with Crippen LogP contribution >= 0.6 is 0 Å². The maximum Gasteiger partial charge on any atom is 0.263 e. The molecule has 1 N–H and O–H groups in total. The van der Waals surface area contributed by atoms with Gasteiger partial charge >= 0.3 is 0 Å². The van der Waals surface area contributed by atoms with E-state index in [1.807, 2.05) is 32.0 Å². The van der Waals surface area contributed by atoms with Crippen LogP contribution in [0.25, 0.3) is 0 Å². The summed E-state index contributed by atoms with van der Waals surface area (Å²) in [5, 5.41) is 10.1. The second kappa shape index (κ2) is 7.14. The van der Waals surface area contributed by atoms with Gasteiger partial charge in [-0.3, -0.25) is 4.79 Å². The maximum absolute atomic E-state index is 12.6. The van der Waals surface area contributed by atoms with Gasteiger partial charge in [-0.25, -0.2) is 0 Å². The maximum atomic E-state index is 12.6. The Morgan fingerprint density at radius 2 is 2.00 bits per heavy atom. The van der Waals surface area contributed by atoms with Crippen molar-refractivity contribution in [2.45, 2.75) is 64.7 Å². The Bertz CT molecular complexity index is 529. The lowest BCUT2D eigenvalue weighted by Gasteiger charge is -2.36. The molecule has 1 fully saturated rings. The van der Waals surface area contributed by atoms with Crippen molar-refractivity contribution in [3.8, 4) is 5.75 Å². The Morgan fingerprint density at radius 3 is 2.68 bits per heavy atom. The largest absolute Gasteiger partial charge is 0.481 e. The normalized spacial score (nSPS) is 23.0. The molecule has 22 heavy (non-hydrogen) atoms. The molecule has 0 aromatic heterocycles. The summed E-state index contributed by atoms with van der Waals surface area (Å²) in [6.07, 6.45) is 2.75. The van der Waals surface area contributed by atoms with Crippen molar-refractivity contribution >= 4 is 5.91 Å². The average molecular weight is 305 g/mol. The molecule has 3 atom stereocenters. The molecular formula is C18H27NO3. The molecule has 2 rings (SSSR count). The number of carbonyl (C=O) groups excluding carboxylic acids is 1. The van der Waals surface area contributed by atoms with Crippen LogP contribution in [0.4, 0.5) is 0 Å². The van der Waals surface area contributed by atoms with Crippen LogP contribution in [0.15, 0.2) is 18.2 Å². The zero-order chi connectivity index (χ0) is 16.3. The Balaban J connectivity index is 2.03. The third-order valence-corrected chi connectivity index (χ3v) is 4.75. The molecule has 0 bridgehead atoms. The number of benzene rings is 1. The fourth-order valence-electron chi connectivity index (χ4n) is 3.09. The number of rotatable bonds is 4. The highest BCUT2D eigenvalue weighted by Gasteiger charge is 2.32. The van der Waals surface area contributed by atoms with Gasteiger partial charge in [-0.05, 0) is 50.8 Å². The van der Waals surface area contributed by atoms with Crippen molar-refractivity contribution < 1.29 is 14.6 Å². The van der Waals surface area contributed by atoms with Gasteiger partial charge in [-0.1, -0.05) is 25.0 Å². The van der Waals surface area contributed by atoms with Crippen LogP contribution in [-0.2, 0) is 4.79 Å². The van der Waals surface area contributed by atoms with E-state index in [-0.39, 0.29) is 11.9 Å². The number of carbonyl (C=O) groups is 1. The van der Waals surface area contributed by atoms with Crippen molar-refractivity contribution in [1.29, 1.82) is 0 Å². The highest BCUT2D eigenvalue weighted by atomic mass is 16.5. The lowest BCUT2D eigenvalue weighted by Crippen LogP contribution is -2.50. The van der Waals surface area contributed by atoms with Crippen LogP contribution in [-0.4, -0.2) is 41.2 Å². The molecule has 1 aliphatic carbocycles. The van der Waals surface area contributed by atoms with Gasteiger partial charge < -0.3 is 14.7 Å². The zero-order valence-electron chi connectivity index (χ0n) is 14.0. The molecule has 3 unspecified atom stereocenters. The Hall–Kier alpha value is -1.55. The first kappa shape index (κ1) is 16.8. The van der Waals surface area contributed by atoms with Gasteiger partial charge in [0.2, 0.25) is 0 Å². The molecule has 0 heterocycles. The molecule has 0 saturated heterocycles. The van der Waals surface area contributed by atoms with E-state index < -0.39 is 12.2 Å². The second-order valence-corrected chi connectivity index (χ2v) is 6.33. The highest BCUT2D eigenvalue weighted by Crippen LogP contribution is 2.25. The van der Waals surface area contributed by atoms with Crippen molar-refractivity contribution in [3.05, 3.63) is 29.3 Å². The Kier molecular flexibility index (Phi) is 5.46. The topological polar surface area (TPSA) is 49.8 Å². The molecule has 1 saturated carbocycles. The van der Waals surface area contributed by atoms with Gasteiger partial charge in [0.15, 0.2) is 6.10 Å². The molecule has 0 spiro atoms. The molecule has 1 aromatic rings. The lowest BCUT2D eigenvalue weighted by atomic mass is 9.91. The predicted octanol–water partition coefficient (Wildman–Crippen LogP) is 2.83. The van der Waals surface area contributed by atoms with Crippen molar-refractivity contribution in [3.63, 3.8) is 0 Å². The summed E-state index contributed by atoms with van der Waals surface area (Å²) in [5.41, 5.74) is 2.20. The SMILES string of the molecule is Cc1cccc(OC(C)C(=O)N(C)C2CCCCC2O)c1C. The molecule has 1 aromatic carbocycles. The fourth-order valence-corrected chi connectivity index (χ4v) is 3.09. The van der Waals surface area contributed by atoms with Crippen LogP contribution in [0.2, 0.25) is 0 Å². The lowest BCUT2D eigenvalue weighted by molar-refractivity contribution is -0.142. The van der Waals surface area contributed by atoms with E-state index >= 15 is 0 Å².